The second kappa shape index (κ2) is 8.33. The zero-order valence-corrected chi connectivity index (χ0v) is 28.4. The molecular weight excluding hydrogens is 774 g/mol. The molecule has 2 aliphatic carbocycles. The van der Waals surface area contributed by atoms with Crippen LogP contribution in [0.1, 0.15) is 43.4 Å². The Balaban J connectivity index is 2.03. The van der Waals surface area contributed by atoms with Crippen LogP contribution in [0.3, 0.4) is 0 Å². The van der Waals surface area contributed by atoms with Crippen molar-refractivity contribution in [2.24, 2.45) is 0 Å². The van der Waals surface area contributed by atoms with Gasteiger partial charge in [0.05, 0.1) is 0 Å². The minimum atomic E-state index is -4.52. The van der Waals surface area contributed by atoms with Gasteiger partial charge >= 0.3 is 224 Å². The van der Waals surface area contributed by atoms with Crippen LogP contribution in [-0.2, 0) is 15.6 Å². The van der Waals surface area contributed by atoms with Crippen LogP contribution in [0, 0.1) is 0 Å². The van der Waals surface area contributed by atoms with Crippen molar-refractivity contribution in [3.8, 4) is 0 Å². The Hall–Kier alpha value is 1.52. The number of fused-ring (bicyclic) bond motifs is 2. The number of halogens is 6. The molecule has 0 saturated carbocycles. The monoisotopic (exact) mass is 789 g/mol. The molecule has 4 rings (SSSR count). The van der Waals surface area contributed by atoms with E-state index < -0.39 is 21.5 Å². The predicted octanol–water partition coefficient (Wildman–Crippen LogP) is 10.3. The van der Waals surface area contributed by atoms with Crippen LogP contribution in [0.25, 0.3) is 12.2 Å². The van der Waals surface area contributed by atoms with Gasteiger partial charge in [0.25, 0.3) is 0 Å². The van der Waals surface area contributed by atoms with Crippen molar-refractivity contribution in [3.63, 3.8) is 0 Å². The molecule has 2 atom stereocenters. The average Bonchev–Trinajstić information content (AvgIpc) is 3.12. The van der Waals surface area contributed by atoms with Crippen molar-refractivity contribution in [3.05, 3.63) is 75.6 Å². The molecule has 2 aromatic rings. The Bertz CT molecular complexity index is 1070. The van der Waals surface area contributed by atoms with E-state index in [9.17, 15) is 0 Å². The van der Waals surface area contributed by atoms with Gasteiger partial charge in [-0.3, -0.25) is 0 Å². The van der Waals surface area contributed by atoms with Crippen LogP contribution in [0.15, 0.2) is 53.3 Å². The third-order valence-corrected chi connectivity index (χ3v) is 61.2. The quantitative estimate of drug-likeness (QED) is 0.272. The molecule has 0 saturated heterocycles. The molecule has 0 radical (unpaired) electrons. The van der Waals surface area contributed by atoms with Gasteiger partial charge in [-0.05, 0) is 0 Å². The van der Waals surface area contributed by atoms with E-state index in [1.54, 1.807) is 0 Å². The first-order chi connectivity index (χ1) is 13.9. The third kappa shape index (κ3) is 3.61. The summed E-state index contributed by atoms with van der Waals surface area (Å²) in [5.41, 5.74) is 7.62. The zero-order valence-electron chi connectivity index (χ0n) is 17.0. The minimum absolute atomic E-state index is 0.113. The molecule has 8 heteroatoms. The Labute approximate surface area is 221 Å². The van der Waals surface area contributed by atoms with Crippen molar-refractivity contribution in [1.29, 1.82) is 0 Å². The zero-order chi connectivity index (χ0) is 22.2. The summed E-state index contributed by atoms with van der Waals surface area (Å²) in [6, 6.07) is 8.68. The first-order valence-electron chi connectivity index (χ1n) is 9.77. The Kier molecular flexibility index (Phi) is 6.84. The van der Waals surface area contributed by atoms with Crippen molar-refractivity contribution in [2.75, 3.05) is 0 Å². The van der Waals surface area contributed by atoms with Gasteiger partial charge in [0, 0.05) is 0 Å². The first-order valence-corrected chi connectivity index (χ1v) is 29.3. The van der Waals surface area contributed by atoms with Gasteiger partial charge in [-0.15, -0.1) is 0 Å². The van der Waals surface area contributed by atoms with Crippen molar-refractivity contribution in [2.45, 2.75) is 34.2 Å². The normalized spacial score (nSPS) is 21.8. The van der Waals surface area contributed by atoms with E-state index in [1.165, 1.54) is 33.4 Å². The topological polar surface area (TPSA) is 0 Å². The molecule has 0 aromatic heterocycles. The fourth-order valence-corrected chi connectivity index (χ4v) is 41.0. The second-order valence-electron chi connectivity index (χ2n) is 8.80. The van der Waals surface area contributed by atoms with E-state index in [-0.39, 0.29) is 7.25 Å². The summed E-state index contributed by atoms with van der Waals surface area (Å²) >= 11 is 10.4. The Morgan fingerprint density at radius 1 is 0.733 bits per heavy atom. The van der Waals surface area contributed by atoms with Crippen LogP contribution in [-0.4, -0.2) is 5.92 Å². The summed E-state index contributed by atoms with van der Waals surface area (Å²) < 4.78 is 4.52. The van der Waals surface area contributed by atoms with E-state index in [0.29, 0.717) is 0 Å². The van der Waals surface area contributed by atoms with Gasteiger partial charge in [-0.2, -0.15) is 0 Å². The van der Waals surface area contributed by atoms with Gasteiger partial charge in [-0.1, -0.05) is 0 Å². The van der Waals surface area contributed by atoms with Gasteiger partial charge in [0.1, 0.15) is 0 Å². The molecular formula is C22H21Br4Cl2SiZr. The van der Waals surface area contributed by atoms with E-state index in [0.717, 1.165) is 17.9 Å². The molecule has 0 nitrogen and oxygen atoms in total. The van der Waals surface area contributed by atoms with Gasteiger partial charge in [0.2, 0.25) is 0 Å². The Morgan fingerprint density at radius 3 is 1.43 bits per heavy atom. The summed E-state index contributed by atoms with van der Waals surface area (Å²) in [7, 11) is 16.2. The van der Waals surface area contributed by atoms with E-state index in [1.807, 2.05) is 0 Å². The van der Waals surface area contributed by atoms with Crippen LogP contribution in [0.2, 0.25) is 13.1 Å². The SMILES string of the molecule is CC1=Cc2c(Br)cc(Br)cc2[CH]1[Zr]([Cl])([Cl])([CH]1C(C)=Cc2c(Br)cc(Br)cc21)[SiH](C)C. The number of rotatable bonds is 3. The van der Waals surface area contributed by atoms with E-state index in [4.69, 9.17) is 17.0 Å². The maximum atomic E-state index is 8.09. The molecule has 159 valence electrons. The molecule has 0 aliphatic heterocycles. The Morgan fingerprint density at radius 2 is 1.10 bits per heavy atom. The molecule has 2 aliphatic rings. The molecule has 0 amide bonds. The van der Waals surface area contributed by atoms with Crippen LogP contribution < -0.4 is 0 Å². The van der Waals surface area contributed by atoms with Gasteiger partial charge < -0.3 is 0 Å². The van der Waals surface area contributed by atoms with Gasteiger partial charge in [0.15, 0.2) is 0 Å². The van der Waals surface area contributed by atoms with Crippen molar-refractivity contribution < 1.29 is 15.6 Å². The van der Waals surface area contributed by atoms with E-state index >= 15 is 0 Å². The van der Waals surface area contributed by atoms with Crippen LogP contribution in [0.5, 0.6) is 0 Å². The number of benzene rings is 2. The van der Waals surface area contributed by atoms with E-state index in [2.05, 4.69) is 127 Å². The fraction of sp³-hybridized carbons (Fsp3) is 0.273. The summed E-state index contributed by atoms with van der Waals surface area (Å²) in [5.74, 6) is -1.48. The first kappa shape index (κ1) is 24.6. The predicted molar refractivity (Wildman–Crippen MR) is 147 cm³/mol. The number of hydrogen-bond acceptors (Lipinski definition) is 0. The second-order valence-corrected chi connectivity index (χ2v) is 54.9. The summed E-state index contributed by atoms with van der Waals surface area (Å²) in [4.78, 5) is 0. The van der Waals surface area contributed by atoms with Crippen LogP contribution >= 0.6 is 80.7 Å². The molecule has 2 unspecified atom stereocenters. The molecule has 0 fully saturated rings. The number of allylic oxidation sites excluding steroid dienone is 2. The molecule has 0 bridgehead atoms. The molecule has 0 heterocycles. The summed E-state index contributed by atoms with van der Waals surface area (Å²) in [5, 5.41) is 0. The third-order valence-electron chi connectivity index (χ3n) is 6.74. The molecule has 2 aromatic carbocycles. The molecule has 30 heavy (non-hydrogen) atoms. The van der Waals surface area contributed by atoms with Gasteiger partial charge in [-0.25, -0.2) is 0 Å². The summed E-state index contributed by atoms with van der Waals surface area (Å²) in [6.07, 6.45) is 4.58. The summed E-state index contributed by atoms with van der Waals surface area (Å²) in [6.45, 7) is 9.15. The standard InChI is InChI=1S/2C10H7Br2.C2H7Si.2ClH.Zr/c2*1-6-2-7-4-8(11)5-10(12)9(7)3-6;1-3-2;;;/h2*2-5H,1H3;3H,1-2H3;2*1H;/q;;;;;+2/p-2. The van der Waals surface area contributed by atoms with Crippen LogP contribution in [0.4, 0.5) is 0 Å². The molecule has 0 N–H and O–H groups in total. The number of hydrogen-bond donors (Lipinski definition) is 0. The van der Waals surface area contributed by atoms with Crippen molar-refractivity contribution >= 4 is 98.8 Å². The van der Waals surface area contributed by atoms with Crippen molar-refractivity contribution in [1.82, 2.24) is 0 Å². The molecule has 0 spiro atoms. The fourth-order valence-electron chi connectivity index (χ4n) is 5.40. The average molecular weight is 795 g/mol. The maximum absolute atomic E-state index is 8.09.